The number of nitrogens with one attached hydrogen (secondary N) is 1. The first-order valence-electron chi connectivity index (χ1n) is 11.8. The molecule has 0 spiro atoms. The first kappa shape index (κ1) is 28.7. The summed E-state index contributed by atoms with van der Waals surface area (Å²) in [7, 11) is -3.77. The lowest BCUT2D eigenvalue weighted by Crippen LogP contribution is -2.53. The highest BCUT2D eigenvalue weighted by atomic mass is 35.5. The van der Waals surface area contributed by atoms with E-state index >= 15 is 0 Å². The highest BCUT2D eigenvalue weighted by Gasteiger charge is 2.32. The highest BCUT2D eigenvalue weighted by Crippen LogP contribution is 2.26. The molecular weight excluding hydrogens is 486 g/mol. The van der Waals surface area contributed by atoms with Crippen LogP contribution < -0.4 is 9.62 Å². The van der Waals surface area contributed by atoms with Crippen molar-refractivity contribution in [3.8, 4) is 0 Å². The summed E-state index contributed by atoms with van der Waals surface area (Å²) in [5.41, 5.74) is 2.93. The first-order valence-corrected chi connectivity index (χ1v) is 14.0. The van der Waals surface area contributed by atoms with Crippen molar-refractivity contribution in [2.75, 3.05) is 17.1 Å². The molecule has 192 valence electrons. The summed E-state index contributed by atoms with van der Waals surface area (Å²) in [6.45, 7) is 9.16. The highest BCUT2D eigenvalue weighted by molar-refractivity contribution is 7.92. The summed E-state index contributed by atoms with van der Waals surface area (Å²) in [6, 6.07) is 11.6. The van der Waals surface area contributed by atoms with Crippen LogP contribution in [0.3, 0.4) is 0 Å². The fraction of sp³-hybridized carbons (Fsp3) is 0.462. The van der Waals surface area contributed by atoms with Crippen molar-refractivity contribution >= 4 is 39.1 Å². The maximum Gasteiger partial charge on any atom is 0.244 e. The standard InChI is InChI=1S/C26H36ClN3O4S/c1-7-19(4)28-26(32)23(8-2)29(16-21-12-14-22(27)15-13-21)25(31)17-30(35(6,33)34)24-11-9-10-18(3)20(24)5/h9-15,19,23H,7-8,16-17H2,1-6H3,(H,28,32). The summed E-state index contributed by atoms with van der Waals surface area (Å²) in [5, 5.41) is 3.52. The van der Waals surface area contributed by atoms with E-state index in [0.717, 1.165) is 33.7 Å². The molecule has 0 saturated heterocycles. The molecule has 0 radical (unpaired) electrons. The number of hydrogen-bond acceptors (Lipinski definition) is 4. The molecule has 2 aromatic carbocycles. The minimum absolute atomic E-state index is 0.0495. The van der Waals surface area contributed by atoms with Crippen LogP contribution >= 0.6 is 11.6 Å². The van der Waals surface area contributed by atoms with Gasteiger partial charge in [-0.15, -0.1) is 0 Å². The zero-order chi connectivity index (χ0) is 26.3. The van der Waals surface area contributed by atoms with Crippen LogP contribution in [0.25, 0.3) is 0 Å². The van der Waals surface area contributed by atoms with Gasteiger partial charge in [-0.3, -0.25) is 13.9 Å². The van der Waals surface area contributed by atoms with E-state index in [-0.39, 0.29) is 18.5 Å². The number of benzene rings is 2. The molecule has 1 N–H and O–H groups in total. The molecule has 0 heterocycles. The fourth-order valence-corrected chi connectivity index (χ4v) is 4.77. The third kappa shape index (κ3) is 7.70. The summed E-state index contributed by atoms with van der Waals surface area (Å²) >= 11 is 6.02. The number of nitrogens with zero attached hydrogens (tertiary/aromatic N) is 2. The van der Waals surface area contributed by atoms with E-state index < -0.39 is 28.5 Å². The van der Waals surface area contributed by atoms with Crippen molar-refractivity contribution in [2.45, 2.75) is 66.1 Å². The monoisotopic (exact) mass is 521 g/mol. The van der Waals surface area contributed by atoms with Gasteiger partial charge in [0, 0.05) is 17.6 Å². The Hall–Kier alpha value is -2.58. The van der Waals surface area contributed by atoms with Gasteiger partial charge < -0.3 is 10.2 Å². The molecule has 0 aliphatic rings. The van der Waals surface area contributed by atoms with Crippen LogP contribution in [0, 0.1) is 13.8 Å². The smallest absolute Gasteiger partial charge is 0.244 e. The first-order chi connectivity index (χ1) is 16.4. The van der Waals surface area contributed by atoms with E-state index in [1.165, 1.54) is 4.90 Å². The Morgan fingerprint density at radius 3 is 2.20 bits per heavy atom. The lowest BCUT2D eigenvalue weighted by Gasteiger charge is -2.33. The van der Waals surface area contributed by atoms with Crippen LogP contribution in [-0.4, -0.2) is 50.0 Å². The Labute approximate surface area is 214 Å². The Morgan fingerprint density at radius 1 is 1.03 bits per heavy atom. The molecule has 0 aromatic heterocycles. The maximum atomic E-state index is 13.7. The van der Waals surface area contributed by atoms with Crippen molar-refractivity contribution in [3.05, 3.63) is 64.2 Å². The van der Waals surface area contributed by atoms with Gasteiger partial charge in [-0.05, 0) is 68.5 Å². The summed E-state index contributed by atoms with van der Waals surface area (Å²) in [6.07, 6.45) is 2.21. The number of anilines is 1. The summed E-state index contributed by atoms with van der Waals surface area (Å²) in [5.74, 6) is -0.723. The number of amides is 2. The number of carbonyl (C=O) groups is 2. The molecule has 0 saturated carbocycles. The molecule has 2 atom stereocenters. The average Bonchev–Trinajstić information content (AvgIpc) is 2.79. The third-order valence-corrected chi connectivity index (χ3v) is 7.56. The molecule has 0 fully saturated rings. The van der Waals surface area contributed by atoms with Crippen LogP contribution in [0.4, 0.5) is 5.69 Å². The van der Waals surface area contributed by atoms with Crippen molar-refractivity contribution in [2.24, 2.45) is 0 Å². The molecule has 2 unspecified atom stereocenters. The Balaban J connectivity index is 2.47. The van der Waals surface area contributed by atoms with Gasteiger partial charge in [-0.2, -0.15) is 0 Å². The Morgan fingerprint density at radius 2 is 1.66 bits per heavy atom. The molecular formula is C26H36ClN3O4S. The molecule has 0 aliphatic carbocycles. The number of rotatable bonds is 11. The van der Waals surface area contributed by atoms with Crippen LogP contribution in [0.1, 0.15) is 50.3 Å². The summed E-state index contributed by atoms with van der Waals surface area (Å²) in [4.78, 5) is 28.3. The number of sulfonamides is 1. The molecule has 35 heavy (non-hydrogen) atoms. The van der Waals surface area contributed by atoms with Crippen LogP contribution in [-0.2, 0) is 26.2 Å². The van der Waals surface area contributed by atoms with Gasteiger partial charge in [0.05, 0.1) is 11.9 Å². The predicted molar refractivity (Wildman–Crippen MR) is 142 cm³/mol. The average molecular weight is 522 g/mol. The third-order valence-electron chi connectivity index (χ3n) is 6.18. The minimum atomic E-state index is -3.77. The number of aryl methyl sites for hydroxylation is 1. The van der Waals surface area contributed by atoms with Crippen LogP contribution in [0.15, 0.2) is 42.5 Å². The van der Waals surface area contributed by atoms with Gasteiger partial charge >= 0.3 is 0 Å². The zero-order valence-electron chi connectivity index (χ0n) is 21.3. The quantitative estimate of drug-likeness (QED) is 0.473. The molecule has 0 bridgehead atoms. The number of halogens is 1. The van der Waals surface area contributed by atoms with Gasteiger partial charge in [-0.1, -0.05) is 49.7 Å². The largest absolute Gasteiger partial charge is 0.352 e. The van der Waals surface area contributed by atoms with Crippen molar-refractivity contribution < 1.29 is 18.0 Å². The fourth-order valence-electron chi connectivity index (χ4n) is 3.75. The lowest BCUT2D eigenvalue weighted by atomic mass is 10.1. The van der Waals surface area contributed by atoms with Crippen LogP contribution in [0.2, 0.25) is 5.02 Å². The SMILES string of the molecule is CCC(C)NC(=O)C(CC)N(Cc1ccc(Cl)cc1)C(=O)CN(c1cccc(C)c1C)S(C)(=O)=O. The number of hydrogen-bond donors (Lipinski definition) is 1. The van der Waals surface area contributed by atoms with Crippen molar-refractivity contribution in [3.63, 3.8) is 0 Å². The van der Waals surface area contributed by atoms with E-state index in [0.29, 0.717) is 17.1 Å². The van der Waals surface area contributed by atoms with Gasteiger partial charge in [0.25, 0.3) is 0 Å². The minimum Gasteiger partial charge on any atom is -0.352 e. The molecule has 2 aromatic rings. The summed E-state index contributed by atoms with van der Waals surface area (Å²) < 4.78 is 26.7. The Bertz CT molecular complexity index is 1140. The van der Waals surface area contributed by atoms with Crippen LogP contribution in [0.5, 0.6) is 0 Å². The zero-order valence-corrected chi connectivity index (χ0v) is 22.9. The molecule has 7 nitrogen and oxygen atoms in total. The van der Waals surface area contributed by atoms with Crippen molar-refractivity contribution in [1.29, 1.82) is 0 Å². The Kier molecular flexibility index (Phi) is 10.2. The normalized spacial score (nSPS) is 13.1. The molecule has 2 amide bonds. The van der Waals surface area contributed by atoms with Gasteiger partial charge in [0.1, 0.15) is 12.6 Å². The number of carbonyl (C=O) groups excluding carboxylic acids is 2. The molecule has 2 rings (SSSR count). The lowest BCUT2D eigenvalue weighted by molar-refractivity contribution is -0.140. The van der Waals surface area contributed by atoms with Gasteiger partial charge in [-0.25, -0.2) is 8.42 Å². The second-order valence-corrected chi connectivity index (χ2v) is 11.2. The molecule has 9 heteroatoms. The van der Waals surface area contributed by atoms with E-state index in [2.05, 4.69) is 5.32 Å². The second kappa shape index (κ2) is 12.4. The topological polar surface area (TPSA) is 86.8 Å². The van der Waals surface area contributed by atoms with E-state index in [4.69, 9.17) is 11.6 Å². The van der Waals surface area contributed by atoms with E-state index in [1.807, 2.05) is 40.7 Å². The van der Waals surface area contributed by atoms with Gasteiger partial charge in [0.15, 0.2) is 0 Å². The predicted octanol–water partition coefficient (Wildman–Crippen LogP) is 4.44. The maximum absolute atomic E-state index is 13.7. The second-order valence-electron chi connectivity index (χ2n) is 8.88. The van der Waals surface area contributed by atoms with E-state index in [1.54, 1.807) is 36.4 Å². The van der Waals surface area contributed by atoms with E-state index in [9.17, 15) is 18.0 Å². The molecule has 0 aliphatic heterocycles. The van der Waals surface area contributed by atoms with Gasteiger partial charge in [0.2, 0.25) is 21.8 Å². The van der Waals surface area contributed by atoms with Crippen molar-refractivity contribution in [1.82, 2.24) is 10.2 Å².